The molecule has 0 saturated heterocycles. The third-order valence-electron chi connectivity index (χ3n) is 5.03. The zero-order valence-corrected chi connectivity index (χ0v) is 19.1. The summed E-state index contributed by atoms with van der Waals surface area (Å²) in [6, 6.07) is 17.6. The van der Waals surface area contributed by atoms with Crippen LogP contribution in [-0.2, 0) is 14.8 Å². The van der Waals surface area contributed by atoms with Crippen molar-refractivity contribution >= 4 is 38.1 Å². The monoisotopic (exact) mass is 471 g/mol. The van der Waals surface area contributed by atoms with Crippen molar-refractivity contribution in [3.63, 3.8) is 0 Å². The molecule has 0 aliphatic heterocycles. The smallest absolute Gasteiger partial charge is 0.271 e. The molecule has 0 aliphatic carbocycles. The molecule has 174 valence electrons. The van der Waals surface area contributed by atoms with E-state index in [1.165, 1.54) is 18.2 Å². The number of fused-ring (bicyclic) bond motifs is 1. The minimum Gasteiger partial charge on any atom is -0.491 e. The van der Waals surface area contributed by atoms with E-state index in [2.05, 4.69) is 5.32 Å². The number of rotatable bonds is 10. The number of nitro benzene ring substituents is 1. The molecule has 1 unspecified atom stereocenters. The minimum absolute atomic E-state index is 0.0562. The van der Waals surface area contributed by atoms with Gasteiger partial charge in [-0.1, -0.05) is 49.4 Å². The van der Waals surface area contributed by atoms with Crippen LogP contribution in [0.5, 0.6) is 5.75 Å². The van der Waals surface area contributed by atoms with Gasteiger partial charge in [-0.25, -0.2) is 8.42 Å². The van der Waals surface area contributed by atoms with Gasteiger partial charge in [-0.3, -0.25) is 19.2 Å². The molecule has 0 heterocycles. The molecule has 10 heteroatoms. The summed E-state index contributed by atoms with van der Waals surface area (Å²) in [5.41, 5.74) is -0.208. The number of amides is 1. The number of hydrogen-bond donors (Lipinski definition) is 1. The van der Waals surface area contributed by atoms with Gasteiger partial charge in [-0.2, -0.15) is 0 Å². The molecule has 0 fully saturated rings. The first-order chi connectivity index (χ1) is 15.7. The van der Waals surface area contributed by atoms with Gasteiger partial charge in [-0.05, 0) is 23.9 Å². The quantitative estimate of drug-likeness (QED) is 0.275. The largest absolute Gasteiger partial charge is 0.491 e. The van der Waals surface area contributed by atoms with Crippen molar-refractivity contribution in [1.82, 2.24) is 5.32 Å². The molecule has 1 N–H and O–H groups in total. The molecule has 1 atom stereocenters. The standard InChI is InChI=1S/C23H25N3O6S/c1-3-21(25(33(2,30)31)18-10-7-11-19(16-18)26(28)29)23(27)24-14-15-32-22-13-6-9-17-8-4-5-12-20(17)22/h4-13,16,21H,3,14-15H2,1-2H3,(H,24,27). The van der Waals surface area contributed by atoms with E-state index in [-0.39, 0.29) is 30.9 Å². The summed E-state index contributed by atoms with van der Waals surface area (Å²) in [6.07, 6.45) is 1.14. The molecule has 3 aromatic rings. The van der Waals surface area contributed by atoms with Crippen molar-refractivity contribution in [2.24, 2.45) is 0 Å². The van der Waals surface area contributed by atoms with Crippen LogP contribution in [0.1, 0.15) is 13.3 Å². The average Bonchev–Trinajstić information content (AvgIpc) is 2.79. The molecule has 3 rings (SSSR count). The van der Waals surface area contributed by atoms with Gasteiger partial charge in [0.2, 0.25) is 15.9 Å². The van der Waals surface area contributed by atoms with Gasteiger partial charge in [0.25, 0.3) is 5.69 Å². The lowest BCUT2D eigenvalue weighted by Gasteiger charge is -2.30. The molecule has 9 nitrogen and oxygen atoms in total. The van der Waals surface area contributed by atoms with Crippen molar-refractivity contribution in [3.05, 3.63) is 76.8 Å². The fourth-order valence-corrected chi connectivity index (χ4v) is 4.78. The Morgan fingerprint density at radius 1 is 1.12 bits per heavy atom. The maximum Gasteiger partial charge on any atom is 0.271 e. The molecule has 0 aromatic heterocycles. The Kier molecular flexibility index (Phi) is 7.49. The lowest BCUT2D eigenvalue weighted by Crippen LogP contribution is -2.50. The summed E-state index contributed by atoms with van der Waals surface area (Å²) in [6.45, 7) is 2.02. The maximum atomic E-state index is 12.9. The maximum absolute atomic E-state index is 12.9. The Morgan fingerprint density at radius 2 is 1.82 bits per heavy atom. The lowest BCUT2D eigenvalue weighted by molar-refractivity contribution is -0.384. The summed E-state index contributed by atoms with van der Waals surface area (Å²) in [7, 11) is -3.90. The van der Waals surface area contributed by atoms with E-state index in [4.69, 9.17) is 4.74 Å². The molecule has 3 aromatic carbocycles. The van der Waals surface area contributed by atoms with Gasteiger partial charge in [0, 0.05) is 17.5 Å². The predicted molar refractivity (Wildman–Crippen MR) is 127 cm³/mol. The minimum atomic E-state index is -3.90. The van der Waals surface area contributed by atoms with Crippen LogP contribution in [0, 0.1) is 10.1 Å². The Hall–Kier alpha value is -3.66. The molecule has 0 saturated carbocycles. The average molecular weight is 472 g/mol. The first kappa shape index (κ1) is 24.0. The number of nitro groups is 1. The number of sulfonamides is 1. The predicted octanol–water partition coefficient (Wildman–Crippen LogP) is 3.49. The first-order valence-corrected chi connectivity index (χ1v) is 12.2. The summed E-state index contributed by atoms with van der Waals surface area (Å²) in [5.74, 6) is 0.166. The number of nitrogens with one attached hydrogen (secondary N) is 1. The van der Waals surface area contributed by atoms with Crippen LogP contribution in [0.2, 0.25) is 0 Å². The number of benzene rings is 3. The van der Waals surface area contributed by atoms with E-state index in [9.17, 15) is 23.3 Å². The Balaban J connectivity index is 1.71. The van der Waals surface area contributed by atoms with Crippen LogP contribution in [0.3, 0.4) is 0 Å². The Labute approximate surface area is 192 Å². The van der Waals surface area contributed by atoms with Gasteiger partial charge in [0.05, 0.1) is 23.4 Å². The molecule has 0 spiro atoms. The fraction of sp³-hybridized carbons (Fsp3) is 0.261. The molecular formula is C23H25N3O6S. The Bertz CT molecular complexity index is 1260. The number of hydrogen-bond acceptors (Lipinski definition) is 6. The molecule has 0 radical (unpaired) electrons. The third kappa shape index (κ3) is 5.78. The molecule has 0 bridgehead atoms. The van der Waals surface area contributed by atoms with Crippen molar-refractivity contribution in [1.29, 1.82) is 0 Å². The highest BCUT2D eigenvalue weighted by molar-refractivity contribution is 7.92. The highest BCUT2D eigenvalue weighted by Crippen LogP contribution is 2.27. The molecule has 1 amide bonds. The normalized spacial score (nSPS) is 12.2. The van der Waals surface area contributed by atoms with Gasteiger partial charge in [0.15, 0.2) is 0 Å². The molecule has 0 aliphatic rings. The number of nitrogens with zero attached hydrogens (tertiary/aromatic N) is 2. The van der Waals surface area contributed by atoms with E-state index in [0.29, 0.717) is 5.75 Å². The van der Waals surface area contributed by atoms with Gasteiger partial charge in [0.1, 0.15) is 18.4 Å². The first-order valence-electron chi connectivity index (χ1n) is 10.3. The Morgan fingerprint density at radius 3 is 2.52 bits per heavy atom. The number of carbonyl (C=O) groups is 1. The van der Waals surface area contributed by atoms with Crippen LogP contribution < -0.4 is 14.4 Å². The second-order valence-electron chi connectivity index (χ2n) is 7.38. The van der Waals surface area contributed by atoms with E-state index in [0.717, 1.165) is 27.4 Å². The van der Waals surface area contributed by atoms with Crippen LogP contribution in [0.4, 0.5) is 11.4 Å². The van der Waals surface area contributed by atoms with Gasteiger partial charge < -0.3 is 10.1 Å². The van der Waals surface area contributed by atoms with Gasteiger partial charge >= 0.3 is 0 Å². The molecular weight excluding hydrogens is 446 g/mol. The van der Waals surface area contributed by atoms with E-state index >= 15 is 0 Å². The molecule has 33 heavy (non-hydrogen) atoms. The number of carbonyl (C=O) groups excluding carboxylic acids is 1. The number of anilines is 1. The fourth-order valence-electron chi connectivity index (χ4n) is 3.58. The van der Waals surface area contributed by atoms with Crippen LogP contribution in [0.25, 0.3) is 10.8 Å². The highest BCUT2D eigenvalue weighted by Gasteiger charge is 2.32. The zero-order chi connectivity index (χ0) is 24.0. The second-order valence-corrected chi connectivity index (χ2v) is 9.24. The van der Waals surface area contributed by atoms with E-state index in [1.807, 2.05) is 42.5 Å². The van der Waals surface area contributed by atoms with Crippen LogP contribution >= 0.6 is 0 Å². The van der Waals surface area contributed by atoms with Crippen molar-refractivity contribution < 1.29 is 22.9 Å². The second kappa shape index (κ2) is 10.3. The van der Waals surface area contributed by atoms with E-state index < -0.39 is 26.9 Å². The zero-order valence-electron chi connectivity index (χ0n) is 18.3. The SMILES string of the molecule is CCC(C(=O)NCCOc1cccc2ccccc12)N(c1cccc([N+](=O)[O-])c1)S(C)(=O)=O. The van der Waals surface area contributed by atoms with Crippen molar-refractivity contribution in [2.45, 2.75) is 19.4 Å². The highest BCUT2D eigenvalue weighted by atomic mass is 32.2. The van der Waals surface area contributed by atoms with E-state index in [1.54, 1.807) is 6.92 Å². The summed E-state index contributed by atoms with van der Waals surface area (Å²) in [4.78, 5) is 23.4. The summed E-state index contributed by atoms with van der Waals surface area (Å²) >= 11 is 0. The van der Waals surface area contributed by atoms with Crippen LogP contribution in [0.15, 0.2) is 66.7 Å². The number of non-ortho nitro benzene ring substituents is 1. The van der Waals surface area contributed by atoms with Crippen LogP contribution in [-0.4, -0.2) is 44.7 Å². The number of ether oxygens (including phenoxy) is 1. The summed E-state index contributed by atoms with van der Waals surface area (Å²) < 4.78 is 31.8. The van der Waals surface area contributed by atoms with Crippen molar-refractivity contribution in [3.8, 4) is 5.75 Å². The summed E-state index contributed by atoms with van der Waals surface area (Å²) in [5, 5.41) is 15.8. The lowest BCUT2D eigenvalue weighted by atomic mass is 10.1. The van der Waals surface area contributed by atoms with Crippen molar-refractivity contribution in [2.75, 3.05) is 23.7 Å². The topological polar surface area (TPSA) is 119 Å². The third-order valence-corrected chi connectivity index (χ3v) is 6.21. The van der Waals surface area contributed by atoms with Gasteiger partial charge in [-0.15, -0.1) is 0 Å².